The SMILES string of the molecule is OC/C=C/CSCCO. The summed E-state index contributed by atoms with van der Waals surface area (Å²) in [5.74, 6) is 1.65. The number of aliphatic hydroxyl groups is 2. The maximum Gasteiger partial charge on any atom is 0.0612 e. The molecule has 3 heteroatoms. The molecular formula is C6H12O2S. The largest absolute Gasteiger partial charge is 0.396 e. The Bertz CT molecular complexity index is 73.5. The van der Waals surface area contributed by atoms with Crippen LogP contribution in [0.3, 0.4) is 0 Å². The molecule has 0 saturated carbocycles. The summed E-state index contributed by atoms with van der Waals surface area (Å²) in [4.78, 5) is 0. The van der Waals surface area contributed by atoms with Gasteiger partial charge in [-0.3, -0.25) is 0 Å². The van der Waals surface area contributed by atoms with Crippen LogP contribution in [0.1, 0.15) is 0 Å². The van der Waals surface area contributed by atoms with E-state index in [0.29, 0.717) is 0 Å². The summed E-state index contributed by atoms with van der Waals surface area (Å²) in [6, 6.07) is 0. The lowest BCUT2D eigenvalue weighted by atomic mass is 10.6. The molecule has 0 unspecified atom stereocenters. The Labute approximate surface area is 59.6 Å². The fourth-order valence-electron chi connectivity index (χ4n) is 0.359. The highest BCUT2D eigenvalue weighted by Gasteiger charge is 1.80. The van der Waals surface area contributed by atoms with E-state index in [2.05, 4.69) is 0 Å². The third-order valence-electron chi connectivity index (χ3n) is 0.722. The number of hydrogen-bond acceptors (Lipinski definition) is 3. The molecule has 0 aromatic rings. The molecule has 2 N–H and O–H groups in total. The van der Waals surface area contributed by atoms with Crippen molar-refractivity contribution in [2.24, 2.45) is 0 Å². The zero-order valence-corrected chi connectivity index (χ0v) is 6.10. The number of hydrogen-bond donors (Lipinski definition) is 2. The Morgan fingerprint density at radius 1 is 1.22 bits per heavy atom. The second-order valence-electron chi connectivity index (χ2n) is 1.45. The van der Waals surface area contributed by atoms with E-state index >= 15 is 0 Å². The zero-order valence-electron chi connectivity index (χ0n) is 5.29. The van der Waals surface area contributed by atoms with Crippen LogP contribution in [0, 0.1) is 0 Å². The molecular weight excluding hydrogens is 136 g/mol. The molecule has 0 aromatic carbocycles. The molecule has 0 amide bonds. The van der Waals surface area contributed by atoms with Gasteiger partial charge < -0.3 is 10.2 Å². The summed E-state index contributed by atoms with van der Waals surface area (Å²) >= 11 is 1.65. The molecule has 0 saturated heterocycles. The minimum absolute atomic E-state index is 0.111. The van der Waals surface area contributed by atoms with Gasteiger partial charge in [-0.15, -0.1) is 0 Å². The number of thioether (sulfide) groups is 1. The fourth-order valence-corrected chi connectivity index (χ4v) is 0.926. The molecule has 0 bridgehead atoms. The molecule has 9 heavy (non-hydrogen) atoms. The monoisotopic (exact) mass is 148 g/mol. The first-order chi connectivity index (χ1) is 4.41. The van der Waals surface area contributed by atoms with Gasteiger partial charge in [0.2, 0.25) is 0 Å². The Morgan fingerprint density at radius 3 is 2.56 bits per heavy atom. The van der Waals surface area contributed by atoms with Gasteiger partial charge in [0.15, 0.2) is 0 Å². The van der Waals surface area contributed by atoms with E-state index in [0.717, 1.165) is 11.5 Å². The summed E-state index contributed by atoms with van der Waals surface area (Å²) in [6.45, 7) is 0.345. The van der Waals surface area contributed by atoms with Crippen LogP contribution in [0.4, 0.5) is 0 Å². The molecule has 54 valence electrons. The van der Waals surface area contributed by atoms with Crippen molar-refractivity contribution in [1.82, 2.24) is 0 Å². The van der Waals surface area contributed by atoms with Crippen molar-refractivity contribution >= 4 is 11.8 Å². The average Bonchev–Trinajstić information content (AvgIpc) is 1.89. The van der Waals surface area contributed by atoms with E-state index in [1.807, 2.05) is 6.08 Å². The normalized spacial score (nSPS) is 10.9. The van der Waals surface area contributed by atoms with Gasteiger partial charge in [0.1, 0.15) is 0 Å². The summed E-state index contributed by atoms with van der Waals surface area (Å²) in [7, 11) is 0. The van der Waals surface area contributed by atoms with Gasteiger partial charge >= 0.3 is 0 Å². The number of rotatable bonds is 5. The maximum atomic E-state index is 8.33. The molecule has 0 radical (unpaired) electrons. The van der Waals surface area contributed by atoms with Crippen molar-refractivity contribution < 1.29 is 10.2 Å². The van der Waals surface area contributed by atoms with Gasteiger partial charge in [0.25, 0.3) is 0 Å². The maximum absolute atomic E-state index is 8.33. The topological polar surface area (TPSA) is 40.5 Å². The van der Waals surface area contributed by atoms with Crippen LogP contribution in [0.5, 0.6) is 0 Å². The smallest absolute Gasteiger partial charge is 0.0612 e. The second-order valence-corrected chi connectivity index (χ2v) is 2.60. The third-order valence-corrected chi connectivity index (χ3v) is 1.62. The van der Waals surface area contributed by atoms with Crippen molar-refractivity contribution in [2.75, 3.05) is 24.7 Å². The molecule has 0 aliphatic rings. The van der Waals surface area contributed by atoms with Crippen molar-refractivity contribution in [3.8, 4) is 0 Å². The Balaban J connectivity index is 2.82. The molecule has 0 fully saturated rings. The summed E-state index contributed by atoms with van der Waals surface area (Å²) in [6.07, 6.45) is 3.59. The minimum atomic E-state index is 0.111. The van der Waals surface area contributed by atoms with E-state index in [9.17, 15) is 0 Å². The highest BCUT2D eigenvalue weighted by Crippen LogP contribution is 1.97. The number of aliphatic hydroxyl groups excluding tert-OH is 2. The lowest BCUT2D eigenvalue weighted by molar-refractivity contribution is 0.322. The fraction of sp³-hybridized carbons (Fsp3) is 0.667. The summed E-state index contributed by atoms with van der Waals surface area (Å²) < 4.78 is 0. The van der Waals surface area contributed by atoms with E-state index in [1.54, 1.807) is 17.8 Å². The van der Waals surface area contributed by atoms with Crippen LogP contribution >= 0.6 is 11.8 Å². The highest BCUT2D eigenvalue weighted by atomic mass is 32.2. The van der Waals surface area contributed by atoms with Gasteiger partial charge in [-0.2, -0.15) is 11.8 Å². The standard InChI is InChI=1S/C6H12O2S/c7-3-1-2-5-9-6-4-8/h1-2,7-8H,3-6H2/b2-1+. The summed E-state index contributed by atoms with van der Waals surface area (Å²) in [5, 5.41) is 16.6. The van der Waals surface area contributed by atoms with Crippen molar-refractivity contribution in [3.63, 3.8) is 0 Å². The first-order valence-electron chi connectivity index (χ1n) is 2.86. The molecule has 0 aliphatic heterocycles. The molecule has 2 nitrogen and oxygen atoms in total. The van der Waals surface area contributed by atoms with Crippen LogP contribution in [-0.2, 0) is 0 Å². The van der Waals surface area contributed by atoms with E-state index < -0.39 is 0 Å². The lowest BCUT2D eigenvalue weighted by Crippen LogP contribution is -1.86. The van der Waals surface area contributed by atoms with E-state index in [4.69, 9.17) is 10.2 Å². The molecule has 0 aliphatic carbocycles. The average molecular weight is 148 g/mol. The Hall–Kier alpha value is 0.01000. The predicted molar refractivity (Wildman–Crippen MR) is 40.6 cm³/mol. The Kier molecular flexibility index (Phi) is 8.02. The predicted octanol–water partition coefficient (Wildman–Crippen LogP) is 0.260. The van der Waals surface area contributed by atoms with Crippen molar-refractivity contribution in [2.45, 2.75) is 0 Å². The van der Waals surface area contributed by atoms with E-state index in [-0.39, 0.29) is 13.2 Å². The molecule has 0 rings (SSSR count). The third kappa shape index (κ3) is 8.01. The quantitative estimate of drug-likeness (QED) is 0.434. The lowest BCUT2D eigenvalue weighted by Gasteiger charge is -1.90. The minimum Gasteiger partial charge on any atom is -0.396 e. The van der Waals surface area contributed by atoms with Gasteiger partial charge in [0.05, 0.1) is 13.2 Å². The first-order valence-corrected chi connectivity index (χ1v) is 4.01. The van der Waals surface area contributed by atoms with Gasteiger partial charge in [-0.1, -0.05) is 12.2 Å². The van der Waals surface area contributed by atoms with Crippen molar-refractivity contribution in [1.29, 1.82) is 0 Å². The van der Waals surface area contributed by atoms with Gasteiger partial charge in [-0.25, -0.2) is 0 Å². The Morgan fingerprint density at radius 2 is 2.00 bits per heavy atom. The van der Waals surface area contributed by atoms with Crippen LogP contribution in [0.25, 0.3) is 0 Å². The van der Waals surface area contributed by atoms with Crippen LogP contribution in [0.2, 0.25) is 0 Å². The van der Waals surface area contributed by atoms with Crippen molar-refractivity contribution in [3.05, 3.63) is 12.2 Å². The molecule has 0 atom stereocenters. The zero-order chi connectivity index (χ0) is 6.95. The van der Waals surface area contributed by atoms with Gasteiger partial charge in [-0.05, 0) is 0 Å². The first kappa shape index (κ1) is 9.01. The van der Waals surface area contributed by atoms with E-state index in [1.165, 1.54) is 0 Å². The van der Waals surface area contributed by atoms with Crippen LogP contribution < -0.4 is 0 Å². The second kappa shape index (κ2) is 8.01. The molecule has 0 heterocycles. The van der Waals surface area contributed by atoms with Gasteiger partial charge in [0, 0.05) is 11.5 Å². The van der Waals surface area contributed by atoms with Crippen LogP contribution in [0.15, 0.2) is 12.2 Å². The molecule has 0 aromatic heterocycles. The highest BCUT2D eigenvalue weighted by molar-refractivity contribution is 7.99. The molecule has 0 spiro atoms. The summed E-state index contributed by atoms with van der Waals surface area (Å²) in [5.41, 5.74) is 0. The van der Waals surface area contributed by atoms with Crippen LogP contribution in [-0.4, -0.2) is 34.9 Å².